The first-order valence-electron chi connectivity index (χ1n) is 5.04. The molecule has 0 radical (unpaired) electrons. The van der Waals surface area contributed by atoms with Crippen LogP contribution in [0.2, 0.25) is 0 Å². The third-order valence-corrected chi connectivity index (χ3v) is 4.83. The number of nitrogens with zero attached hydrogens (tertiary/aromatic N) is 1. The van der Waals surface area contributed by atoms with Crippen molar-refractivity contribution in [3.63, 3.8) is 0 Å². The Hall–Kier alpha value is -0.720. The third kappa shape index (κ3) is 2.69. The average molecular weight is 259 g/mol. The standard InChI is InChI=1S/C10H13NO3S2/c12-10(13)9-8(1-4-15-9)7-11-2-5-16(14)6-3-11/h1,4H,2-3,5-7H2,(H,12,13). The van der Waals surface area contributed by atoms with Gasteiger partial charge in [0.05, 0.1) is 0 Å². The molecule has 16 heavy (non-hydrogen) atoms. The molecule has 1 aliphatic heterocycles. The van der Waals surface area contributed by atoms with E-state index in [-0.39, 0.29) is 0 Å². The first-order chi connectivity index (χ1) is 7.66. The van der Waals surface area contributed by atoms with Crippen LogP contribution in [0.5, 0.6) is 0 Å². The van der Waals surface area contributed by atoms with Gasteiger partial charge in [-0.25, -0.2) is 4.79 Å². The normalized spacial score (nSPS) is 18.8. The second-order valence-electron chi connectivity index (χ2n) is 3.70. The van der Waals surface area contributed by atoms with Crippen LogP contribution in [0.15, 0.2) is 11.4 Å². The van der Waals surface area contributed by atoms with Crippen molar-refractivity contribution in [2.24, 2.45) is 0 Å². The number of carboxylic acids is 1. The second kappa shape index (κ2) is 5.07. The molecular formula is C10H13NO3S2. The van der Waals surface area contributed by atoms with E-state index in [9.17, 15) is 9.00 Å². The molecule has 4 nitrogen and oxygen atoms in total. The fraction of sp³-hybridized carbons (Fsp3) is 0.500. The summed E-state index contributed by atoms with van der Waals surface area (Å²) < 4.78 is 11.2. The van der Waals surface area contributed by atoms with Crippen molar-refractivity contribution in [1.29, 1.82) is 0 Å². The van der Waals surface area contributed by atoms with Crippen molar-refractivity contribution in [3.8, 4) is 0 Å². The molecule has 2 rings (SSSR count). The topological polar surface area (TPSA) is 57.6 Å². The lowest BCUT2D eigenvalue weighted by molar-refractivity contribution is 0.0700. The molecule has 1 saturated heterocycles. The van der Waals surface area contributed by atoms with Crippen molar-refractivity contribution < 1.29 is 14.1 Å². The van der Waals surface area contributed by atoms with Gasteiger partial charge in [-0.1, -0.05) is 0 Å². The Morgan fingerprint density at radius 3 is 2.81 bits per heavy atom. The molecule has 0 unspecified atom stereocenters. The van der Waals surface area contributed by atoms with Crippen LogP contribution in [0, 0.1) is 0 Å². The first-order valence-corrected chi connectivity index (χ1v) is 7.40. The van der Waals surface area contributed by atoms with Gasteiger partial charge in [-0.3, -0.25) is 9.11 Å². The fourth-order valence-electron chi connectivity index (χ4n) is 1.72. The molecule has 88 valence electrons. The Kier molecular flexibility index (Phi) is 3.73. The van der Waals surface area contributed by atoms with Gasteiger partial charge in [0.2, 0.25) is 0 Å². The molecule has 1 aromatic rings. The van der Waals surface area contributed by atoms with Crippen LogP contribution in [0.1, 0.15) is 15.2 Å². The summed E-state index contributed by atoms with van der Waals surface area (Å²) in [6, 6.07) is 1.86. The van der Waals surface area contributed by atoms with Gasteiger partial charge in [-0.15, -0.1) is 11.3 Å². The lowest BCUT2D eigenvalue weighted by atomic mass is 10.2. The Morgan fingerprint density at radius 1 is 1.50 bits per heavy atom. The van der Waals surface area contributed by atoms with E-state index in [4.69, 9.17) is 5.11 Å². The van der Waals surface area contributed by atoms with Crippen molar-refractivity contribution in [2.75, 3.05) is 24.6 Å². The van der Waals surface area contributed by atoms with Crippen molar-refractivity contribution >= 4 is 28.1 Å². The van der Waals surface area contributed by atoms with E-state index in [1.807, 2.05) is 6.07 Å². The van der Waals surface area contributed by atoms with Crippen LogP contribution < -0.4 is 0 Å². The quantitative estimate of drug-likeness (QED) is 0.880. The summed E-state index contributed by atoms with van der Waals surface area (Å²) in [5.74, 6) is 0.546. The van der Waals surface area contributed by atoms with Crippen LogP contribution in [-0.2, 0) is 17.3 Å². The molecule has 1 aliphatic rings. The highest BCUT2D eigenvalue weighted by Crippen LogP contribution is 2.19. The van der Waals surface area contributed by atoms with E-state index in [1.54, 1.807) is 5.38 Å². The van der Waals surface area contributed by atoms with Crippen LogP contribution in [0.3, 0.4) is 0 Å². The summed E-state index contributed by atoms with van der Waals surface area (Å²) in [4.78, 5) is 13.5. The van der Waals surface area contributed by atoms with E-state index in [1.165, 1.54) is 11.3 Å². The van der Waals surface area contributed by atoms with Gasteiger partial charge in [-0.05, 0) is 17.0 Å². The molecule has 1 aromatic heterocycles. The largest absolute Gasteiger partial charge is 0.477 e. The molecule has 0 atom stereocenters. The predicted octanol–water partition coefficient (Wildman–Crippen LogP) is 1.01. The molecule has 0 saturated carbocycles. The van der Waals surface area contributed by atoms with Crippen molar-refractivity contribution in [3.05, 3.63) is 21.9 Å². The Bertz CT molecular complexity index is 406. The van der Waals surface area contributed by atoms with Gasteiger partial charge in [0.25, 0.3) is 0 Å². The van der Waals surface area contributed by atoms with Crippen LogP contribution in [0.25, 0.3) is 0 Å². The SMILES string of the molecule is O=C(O)c1sccc1CN1CCS(=O)CC1. The molecule has 0 amide bonds. The van der Waals surface area contributed by atoms with E-state index in [2.05, 4.69) is 4.90 Å². The monoisotopic (exact) mass is 259 g/mol. The minimum atomic E-state index is -0.856. The van der Waals surface area contributed by atoms with Gasteiger partial charge in [0.1, 0.15) is 4.88 Å². The zero-order valence-corrected chi connectivity index (χ0v) is 10.4. The molecule has 2 heterocycles. The van der Waals surface area contributed by atoms with Gasteiger partial charge < -0.3 is 5.11 Å². The van der Waals surface area contributed by atoms with Crippen LogP contribution in [-0.4, -0.2) is 44.8 Å². The maximum absolute atomic E-state index is 11.2. The third-order valence-electron chi connectivity index (χ3n) is 2.61. The Labute approximate surface area is 100 Å². The predicted molar refractivity (Wildman–Crippen MR) is 64.4 cm³/mol. The van der Waals surface area contributed by atoms with E-state index in [0.717, 1.165) is 18.7 Å². The van der Waals surface area contributed by atoms with Crippen molar-refractivity contribution in [1.82, 2.24) is 4.90 Å². The maximum Gasteiger partial charge on any atom is 0.346 e. The lowest BCUT2D eigenvalue weighted by Crippen LogP contribution is -2.37. The highest BCUT2D eigenvalue weighted by atomic mass is 32.2. The fourth-order valence-corrected chi connectivity index (χ4v) is 3.60. The molecule has 1 fully saturated rings. The Balaban J connectivity index is 2.01. The minimum absolute atomic E-state index is 0.423. The number of carbonyl (C=O) groups is 1. The van der Waals surface area contributed by atoms with E-state index in [0.29, 0.717) is 22.9 Å². The smallest absolute Gasteiger partial charge is 0.346 e. The first kappa shape index (κ1) is 11.8. The zero-order valence-electron chi connectivity index (χ0n) is 8.72. The number of rotatable bonds is 3. The molecule has 0 spiro atoms. The van der Waals surface area contributed by atoms with Crippen molar-refractivity contribution in [2.45, 2.75) is 6.54 Å². The highest BCUT2D eigenvalue weighted by Gasteiger charge is 2.18. The summed E-state index contributed by atoms with van der Waals surface area (Å²) >= 11 is 1.26. The summed E-state index contributed by atoms with van der Waals surface area (Å²) in [6.45, 7) is 2.24. The van der Waals surface area contributed by atoms with Gasteiger partial charge in [0, 0.05) is 41.9 Å². The summed E-state index contributed by atoms with van der Waals surface area (Å²) in [5.41, 5.74) is 0.866. The Morgan fingerprint density at radius 2 is 2.19 bits per heavy atom. The van der Waals surface area contributed by atoms with Crippen LogP contribution >= 0.6 is 11.3 Å². The number of carboxylic acid groups (broad SMARTS) is 1. The van der Waals surface area contributed by atoms with E-state index < -0.39 is 16.8 Å². The molecule has 1 N–H and O–H groups in total. The second-order valence-corrected chi connectivity index (χ2v) is 6.32. The van der Waals surface area contributed by atoms with E-state index >= 15 is 0 Å². The molecular weight excluding hydrogens is 246 g/mol. The molecule has 0 aliphatic carbocycles. The summed E-state index contributed by atoms with van der Waals surface area (Å²) in [6.07, 6.45) is 0. The zero-order chi connectivity index (χ0) is 11.5. The molecule has 0 aromatic carbocycles. The number of aromatic carboxylic acids is 1. The summed E-state index contributed by atoms with van der Waals surface area (Å²) in [7, 11) is -0.679. The van der Waals surface area contributed by atoms with Crippen LogP contribution in [0.4, 0.5) is 0 Å². The lowest BCUT2D eigenvalue weighted by Gasteiger charge is -2.25. The maximum atomic E-state index is 11.2. The number of thiophene rings is 1. The highest BCUT2D eigenvalue weighted by molar-refractivity contribution is 7.85. The number of hydrogen-bond donors (Lipinski definition) is 1. The molecule has 0 bridgehead atoms. The average Bonchev–Trinajstić information content (AvgIpc) is 2.69. The van der Waals surface area contributed by atoms with Gasteiger partial charge in [-0.2, -0.15) is 0 Å². The van der Waals surface area contributed by atoms with Gasteiger partial charge in [0.15, 0.2) is 0 Å². The minimum Gasteiger partial charge on any atom is -0.477 e. The molecule has 6 heteroatoms. The van der Waals surface area contributed by atoms with Gasteiger partial charge >= 0.3 is 5.97 Å². The summed E-state index contributed by atoms with van der Waals surface area (Å²) in [5, 5.41) is 10.8. The number of hydrogen-bond acceptors (Lipinski definition) is 4.